The van der Waals surface area contributed by atoms with Crippen molar-refractivity contribution in [2.45, 2.75) is 26.5 Å². The van der Waals surface area contributed by atoms with Crippen LogP contribution in [-0.2, 0) is 11.3 Å². The molecule has 1 fully saturated rings. The van der Waals surface area contributed by atoms with Gasteiger partial charge >= 0.3 is 0 Å². The molecular formula is C14H20ClNO. The van der Waals surface area contributed by atoms with Crippen LogP contribution in [0.5, 0.6) is 0 Å². The van der Waals surface area contributed by atoms with Crippen LogP contribution >= 0.6 is 11.6 Å². The summed E-state index contributed by atoms with van der Waals surface area (Å²) in [7, 11) is 0. The summed E-state index contributed by atoms with van der Waals surface area (Å²) in [6.45, 7) is 8.11. The van der Waals surface area contributed by atoms with E-state index in [1.807, 2.05) is 0 Å². The number of hydrogen-bond donors (Lipinski definition) is 0. The first-order valence-corrected chi connectivity index (χ1v) is 6.69. The zero-order valence-electron chi connectivity index (χ0n) is 10.6. The molecule has 94 valence electrons. The van der Waals surface area contributed by atoms with Crippen molar-refractivity contribution in [3.63, 3.8) is 0 Å². The molecule has 1 aromatic carbocycles. The van der Waals surface area contributed by atoms with Gasteiger partial charge in [0.25, 0.3) is 0 Å². The molecule has 3 heteroatoms. The highest BCUT2D eigenvalue weighted by Crippen LogP contribution is 2.17. The van der Waals surface area contributed by atoms with Gasteiger partial charge in [-0.05, 0) is 30.5 Å². The molecule has 0 bridgehead atoms. The Hall–Kier alpha value is -0.570. The molecule has 0 N–H and O–H groups in total. The predicted octanol–water partition coefficient (Wildman–Crippen LogP) is 2.74. The zero-order valence-corrected chi connectivity index (χ0v) is 11.3. The van der Waals surface area contributed by atoms with E-state index in [2.05, 4.69) is 36.9 Å². The molecule has 0 aliphatic carbocycles. The van der Waals surface area contributed by atoms with Crippen molar-refractivity contribution in [2.24, 2.45) is 0 Å². The van der Waals surface area contributed by atoms with Crippen LogP contribution in [-0.4, -0.2) is 36.6 Å². The third-order valence-electron chi connectivity index (χ3n) is 3.42. The fraction of sp³-hybridized carbons (Fsp3) is 0.571. The van der Waals surface area contributed by atoms with Crippen molar-refractivity contribution < 1.29 is 4.74 Å². The highest BCUT2D eigenvalue weighted by atomic mass is 35.5. The second kappa shape index (κ2) is 5.85. The number of aryl methyl sites for hydroxylation is 2. The van der Waals surface area contributed by atoms with Crippen LogP contribution in [0.15, 0.2) is 18.2 Å². The Labute approximate surface area is 109 Å². The molecule has 0 saturated carbocycles. The van der Waals surface area contributed by atoms with Crippen molar-refractivity contribution in [3.05, 3.63) is 34.9 Å². The number of benzene rings is 1. The van der Waals surface area contributed by atoms with E-state index in [1.165, 1.54) is 16.7 Å². The topological polar surface area (TPSA) is 12.5 Å². The van der Waals surface area contributed by atoms with Gasteiger partial charge in [-0.2, -0.15) is 0 Å². The summed E-state index contributed by atoms with van der Waals surface area (Å²) in [5.41, 5.74) is 4.19. The molecule has 1 unspecified atom stereocenters. The van der Waals surface area contributed by atoms with E-state index < -0.39 is 0 Å². The Bertz CT molecular complexity index is 360. The molecule has 1 aliphatic heterocycles. The Morgan fingerprint density at radius 1 is 1.35 bits per heavy atom. The molecule has 0 amide bonds. The Morgan fingerprint density at radius 2 is 2.06 bits per heavy atom. The van der Waals surface area contributed by atoms with Crippen molar-refractivity contribution in [1.82, 2.24) is 4.90 Å². The number of morpholine rings is 1. The lowest BCUT2D eigenvalue weighted by Crippen LogP contribution is -2.42. The largest absolute Gasteiger partial charge is 0.374 e. The van der Waals surface area contributed by atoms with Gasteiger partial charge in [-0.15, -0.1) is 11.6 Å². The normalized spacial score (nSPS) is 21.7. The van der Waals surface area contributed by atoms with Gasteiger partial charge in [0.05, 0.1) is 12.7 Å². The van der Waals surface area contributed by atoms with E-state index in [0.29, 0.717) is 5.88 Å². The molecule has 1 saturated heterocycles. The number of hydrogen-bond acceptors (Lipinski definition) is 2. The number of nitrogens with zero attached hydrogens (tertiary/aromatic N) is 1. The molecule has 0 radical (unpaired) electrons. The average Bonchev–Trinajstić information content (AvgIpc) is 2.34. The molecule has 17 heavy (non-hydrogen) atoms. The maximum atomic E-state index is 5.86. The van der Waals surface area contributed by atoms with Gasteiger partial charge in [-0.25, -0.2) is 0 Å². The summed E-state index contributed by atoms with van der Waals surface area (Å²) in [6, 6.07) is 6.48. The minimum Gasteiger partial charge on any atom is -0.374 e. The van der Waals surface area contributed by atoms with E-state index in [9.17, 15) is 0 Å². The van der Waals surface area contributed by atoms with Crippen molar-refractivity contribution in [3.8, 4) is 0 Å². The fourth-order valence-electron chi connectivity index (χ4n) is 2.34. The van der Waals surface area contributed by atoms with Crippen molar-refractivity contribution in [1.29, 1.82) is 0 Å². The Morgan fingerprint density at radius 3 is 2.71 bits per heavy atom. The molecule has 0 aromatic heterocycles. The highest BCUT2D eigenvalue weighted by molar-refractivity contribution is 6.18. The molecule has 0 spiro atoms. The molecular weight excluding hydrogens is 234 g/mol. The molecule has 1 atom stereocenters. The summed E-state index contributed by atoms with van der Waals surface area (Å²) in [5.74, 6) is 0.587. The van der Waals surface area contributed by atoms with E-state index in [1.54, 1.807) is 0 Å². The summed E-state index contributed by atoms with van der Waals surface area (Å²) in [5, 5.41) is 0. The lowest BCUT2D eigenvalue weighted by molar-refractivity contribution is -0.0195. The second-order valence-corrected chi connectivity index (χ2v) is 5.06. The molecule has 1 aromatic rings. The van der Waals surface area contributed by atoms with Crippen LogP contribution in [0.3, 0.4) is 0 Å². The van der Waals surface area contributed by atoms with E-state index in [0.717, 1.165) is 26.2 Å². The van der Waals surface area contributed by atoms with Gasteiger partial charge in [0.15, 0.2) is 0 Å². The highest BCUT2D eigenvalue weighted by Gasteiger charge is 2.20. The van der Waals surface area contributed by atoms with Crippen LogP contribution in [0.1, 0.15) is 16.7 Å². The van der Waals surface area contributed by atoms with Gasteiger partial charge < -0.3 is 4.74 Å². The van der Waals surface area contributed by atoms with Crippen LogP contribution < -0.4 is 0 Å². The standard InChI is InChI=1S/C14H20ClNO/c1-11-4-3-5-12(2)14(11)10-16-6-7-17-13(8-15)9-16/h3-5,13H,6-10H2,1-2H3. The van der Waals surface area contributed by atoms with Crippen molar-refractivity contribution in [2.75, 3.05) is 25.6 Å². The van der Waals surface area contributed by atoms with E-state index in [-0.39, 0.29) is 6.10 Å². The third kappa shape index (κ3) is 3.21. The average molecular weight is 254 g/mol. The van der Waals surface area contributed by atoms with Crippen molar-refractivity contribution >= 4 is 11.6 Å². The number of alkyl halides is 1. The smallest absolute Gasteiger partial charge is 0.0837 e. The summed E-state index contributed by atoms with van der Waals surface area (Å²) in [6.07, 6.45) is 0.190. The third-order valence-corrected chi connectivity index (χ3v) is 3.77. The van der Waals surface area contributed by atoms with Gasteiger partial charge in [0, 0.05) is 25.5 Å². The van der Waals surface area contributed by atoms with Gasteiger partial charge in [0.2, 0.25) is 0 Å². The molecule has 1 heterocycles. The SMILES string of the molecule is Cc1cccc(C)c1CN1CCOC(CCl)C1. The van der Waals surface area contributed by atoms with Gasteiger partial charge in [-0.1, -0.05) is 18.2 Å². The Balaban J connectivity index is 2.05. The molecule has 2 rings (SSSR count). The first kappa shape index (κ1) is 12.9. The first-order valence-electron chi connectivity index (χ1n) is 6.15. The van der Waals surface area contributed by atoms with Crippen LogP contribution in [0.25, 0.3) is 0 Å². The molecule has 2 nitrogen and oxygen atoms in total. The molecule has 1 aliphatic rings. The minimum absolute atomic E-state index is 0.190. The lowest BCUT2D eigenvalue weighted by Gasteiger charge is -2.32. The Kier molecular flexibility index (Phi) is 4.43. The summed E-state index contributed by atoms with van der Waals surface area (Å²) in [4.78, 5) is 2.44. The van der Waals surface area contributed by atoms with Crippen LogP contribution in [0.2, 0.25) is 0 Å². The maximum absolute atomic E-state index is 5.86. The van der Waals surface area contributed by atoms with E-state index in [4.69, 9.17) is 16.3 Å². The maximum Gasteiger partial charge on any atom is 0.0837 e. The number of ether oxygens (including phenoxy) is 1. The predicted molar refractivity (Wildman–Crippen MR) is 71.7 cm³/mol. The first-order chi connectivity index (χ1) is 8.20. The summed E-state index contributed by atoms with van der Waals surface area (Å²) < 4.78 is 5.58. The minimum atomic E-state index is 0.190. The monoisotopic (exact) mass is 253 g/mol. The van der Waals surface area contributed by atoms with Gasteiger partial charge in [-0.3, -0.25) is 4.90 Å². The van der Waals surface area contributed by atoms with E-state index >= 15 is 0 Å². The fourth-order valence-corrected chi connectivity index (χ4v) is 2.53. The second-order valence-electron chi connectivity index (χ2n) is 4.75. The van der Waals surface area contributed by atoms with Gasteiger partial charge in [0.1, 0.15) is 0 Å². The quantitative estimate of drug-likeness (QED) is 0.768. The van der Waals surface area contributed by atoms with Crippen LogP contribution in [0.4, 0.5) is 0 Å². The zero-order chi connectivity index (χ0) is 12.3. The summed E-state index contributed by atoms with van der Waals surface area (Å²) >= 11 is 5.86. The number of rotatable bonds is 3. The van der Waals surface area contributed by atoms with Crippen LogP contribution in [0, 0.1) is 13.8 Å². The number of halogens is 1. The lowest BCUT2D eigenvalue weighted by atomic mass is 10.0.